The first kappa shape index (κ1) is 19.1. The van der Waals surface area contributed by atoms with Crippen molar-refractivity contribution >= 4 is 29.7 Å². The Morgan fingerprint density at radius 3 is 2.75 bits per heavy atom. The number of nitrogens with two attached hydrogens (primary N) is 1. The molecule has 0 saturated carbocycles. The van der Waals surface area contributed by atoms with Gasteiger partial charge in [-0.2, -0.15) is 0 Å². The second-order valence-electron chi connectivity index (χ2n) is 6.25. The zero-order valence-electron chi connectivity index (χ0n) is 14.8. The standard InChI is InChI=1S/C19H17N3O6/c20-19(27)28-10-3-1-2-5-11-6-4-7-12-15(11)18(26)22(17(12)25)13-8-9-14(23)21-16(13)24/h4,6-7,13H,1,3,8-10H2,(H2,20,27)(H,21,23,24). The molecule has 1 aromatic rings. The van der Waals surface area contributed by atoms with Gasteiger partial charge in [-0.25, -0.2) is 4.79 Å². The molecule has 0 bridgehead atoms. The maximum absolute atomic E-state index is 12.9. The molecule has 2 aliphatic rings. The average Bonchev–Trinajstić information content (AvgIpc) is 2.90. The molecule has 1 unspecified atom stereocenters. The number of carbonyl (C=O) groups is 5. The second kappa shape index (κ2) is 7.92. The number of fused-ring (bicyclic) bond motifs is 1. The molecular formula is C19H17N3O6. The van der Waals surface area contributed by atoms with Gasteiger partial charge in [0, 0.05) is 18.4 Å². The number of rotatable bonds is 4. The smallest absolute Gasteiger partial charge is 0.404 e. The first-order chi connectivity index (χ1) is 13.4. The van der Waals surface area contributed by atoms with E-state index in [1.165, 1.54) is 6.07 Å². The Labute approximate surface area is 160 Å². The molecule has 1 saturated heterocycles. The number of hydrogen-bond acceptors (Lipinski definition) is 6. The molecule has 2 heterocycles. The highest BCUT2D eigenvalue weighted by atomic mass is 16.5. The third-order valence-electron chi connectivity index (χ3n) is 4.38. The lowest BCUT2D eigenvalue weighted by Crippen LogP contribution is -2.54. The monoisotopic (exact) mass is 383 g/mol. The van der Waals surface area contributed by atoms with E-state index in [9.17, 15) is 24.0 Å². The molecule has 1 aromatic carbocycles. The summed E-state index contributed by atoms with van der Waals surface area (Å²) >= 11 is 0. The number of piperidine rings is 1. The van der Waals surface area contributed by atoms with Crippen LogP contribution in [-0.2, 0) is 14.3 Å². The van der Waals surface area contributed by atoms with Crippen molar-refractivity contribution in [1.82, 2.24) is 10.2 Å². The van der Waals surface area contributed by atoms with Gasteiger partial charge in [-0.1, -0.05) is 17.9 Å². The third-order valence-corrected chi connectivity index (χ3v) is 4.38. The number of benzene rings is 1. The van der Waals surface area contributed by atoms with Crippen molar-refractivity contribution in [3.8, 4) is 11.8 Å². The first-order valence-electron chi connectivity index (χ1n) is 8.66. The summed E-state index contributed by atoms with van der Waals surface area (Å²) in [6.07, 6.45) is 0.170. The summed E-state index contributed by atoms with van der Waals surface area (Å²) in [5.74, 6) is 3.45. The average molecular weight is 383 g/mol. The Kier molecular flexibility index (Phi) is 5.40. The van der Waals surface area contributed by atoms with Gasteiger partial charge in [-0.15, -0.1) is 0 Å². The van der Waals surface area contributed by atoms with Crippen LogP contribution in [0.1, 0.15) is 52.0 Å². The molecule has 3 N–H and O–H groups in total. The lowest BCUT2D eigenvalue weighted by molar-refractivity contribution is -0.136. The van der Waals surface area contributed by atoms with Gasteiger partial charge in [0.05, 0.1) is 17.7 Å². The fourth-order valence-electron chi connectivity index (χ4n) is 3.11. The minimum atomic E-state index is -1.02. The number of carbonyl (C=O) groups excluding carboxylic acids is 5. The molecule has 144 valence electrons. The Bertz CT molecular complexity index is 943. The number of amides is 5. The predicted molar refractivity (Wildman–Crippen MR) is 94.8 cm³/mol. The normalized spacial score (nSPS) is 18.3. The number of nitrogens with one attached hydrogen (secondary N) is 1. The number of hydrogen-bond donors (Lipinski definition) is 2. The van der Waals surface area contributed by atoms with E-state index in [-0.39, 0.29) is 30.6 Å². The second-order valence-corrected chi connectivity index (χ2v) is 6.25. The van der Waals surface area contributed by atoms with Crippen LogP contribution in [0.2, 0.25) is 0 Å². The molecule has 9 heteroatoms. The summed E-state index contributed by atoms with van der Waals surface area (Å²) in [5.41, 5.74) is 5.57. The Balaban J connectivity index is 1.78. The number of unbranched alkanes of at least 4 members (excludes halogenated alkanes) is 1. The van der Waals surface area contributed by atoms with E-state index >= 15 is 0 Å². The molecule has 28 heavy (non-hydrogen) atoms. The van der Waals surface area contributed by atoms with Gasteiger partial charge < -0.3 is 10.5 Å². The van der Waals surface area contributed by atoms with Gasteiger partial charge in [0.15, 0.2) is 0 Å². The number of primary amides is 1. The van der Waals surface area contributed by atoms with Crippen LogP contribution in [0.5, 0.6) is 0 Å². The minimum absolute atomic E-state index is 0.0594. The van der Waals surface area contributed by atoms with Gasteiger partial charge in [-0.3, -0.25) is 29.4 Å². The van der Waals surface area contributed by atoms with Crippen LogP contribution in [0.15, 0.2) is 18.2 Å². The van der Waals surface area contributed by atoms with Crippen molar-refractivity contribution in [1.29, 1.82) is 0 Å². The maximum Gasteiger partial charge on any atom is 0.404 e. The van der Waals surface area contributed by atoms with E-state index in [1.54, 1.807) is 12.1 Å². The molecule has 9 nitrogen and oxygen atoms in total. The lowest BCUT2D eigenvalue weighted by atomic mass is 10.0. The summed E-state index contributed by atoms with van der Waals surface area (Å²) in [4.78, 5) is 60.4. The predicted octanol–water partition coefficient (Wildman–Crippen LogP) is 0.315. The van der Waals surface area contributed by atoms with Crippen LogP contribution in [0.3, 0.4) is 0 Å². The fraction of sp³-hybridized carbons (Fsp3) is 0.316. The van der Waals surface area contributed by atoms with Crippen molar-refractivity contribution in [2.75, 3.05) is 6.61 Å². The van der Waals surface area contributed by atoms with Crippen LogP contribution in [0.25, 0.3) is 0 Å². The van der Waals surface area contributed by atoms with Crippen molar-refractivity contribution in [3.05, 3.63) is 34.9 Å². The van der Waals surface area contributed by atoms with Crippen LogP contribution >= 0.6 is 0 Å². The van der Waals surface area contributed by atoms with E-state index in [2.05, 4.69) is 21.9 Å². The van der Waals surface area contributed by atoms with Crippen molar-refractivity contribution in [2.24, 2.45) is 5.73 Å². The van der Waals surface area contributed by atoms with E-state index in [0.29, 0.717) is 18.4 Å². The summed E-state index contributed by atoms with van der Waals surface area (Å²) in [6, 6.07) is 3.72. The van der Waals surface area contributed by atoms with E-state index in [4.69, 9.17) is 5.73 Å². The molecule has 0 aromatic heterocycles. The van der Waals surface area contributed by atoms with Gasteiger partial charge in [-0.05, 0) is 25.0 Å². The Hall–Kier alpha value is -3.67. The molecule has 1 atom stereocenters. The summed E-state index contributed by atoms with van der Waals surface area (Å²) < 4.78 is 4.60. The van der Waals surface area contributed by atoms with Gasteiger partial charge >= 0.3 is 6.09 Å². The molecule has 0 radical (unpaired) electrons. The van der Waals surface area contributed by atoms with E-state index in [0.717, 1.165) is 4.90 Å². The topological polar surface area (TPSA) is 136 Å². The molecular weight excluding hydrogens is 366 g/mol. The van der Waals surface area contributed by atoms with E-state index in [1.807, 2.05) is 0 Å². The van der Waals surface area contributed by atoms with Crippen LogP contribution in [0, 0.1) is 11.8 Å². The quantitative estimate of drug-likeness (QED) is 0.436. The molecule has 3 rings (SSSR count). The van der Waals surface area contributed by atoms with Crippen molar-refractivity contribution in [2.45, 2.75) is 31.7 Å². The first-order valence-corrected chi connectivity index (χ1v) is 8.66. The zero-order chi connectivity index (χ0) is 20.3. The highest BCUT2D eigenvalue weighted by Gasteiger charge is 2.45. The van der Waals surface area contributed by atoms with Gasteiger partial charge in [0.1, 0.15) is 6.04 Å². The third kappa shape index (κ3) is 3.71. The SMILES string of the molecule is NC(=O)OCCCC#Cc1cccc2c1C(=O)N(C1CCC(=O)NC1=O)C2=O. The Morgan fingerprint density at radius 1 is 1.25 bits per heavy atom. The summed E-state index contributed by atoms with van der Waals surface area (Å²) in [6.45, 7) is 0.137. The van der Waals surface area contributed by atoms with E-state index < -0.39 is 35.8 Å². The maximum atomic E-state index is 12.9. The molecule has 0 aliphatic carbocycles. The van der Waals surface area contributed by atoms with Gasteiger partial charge in [0.25, 0.3) is 11.8 Å². The van der Waals surface area contributed by atoms with Crippen LogP contribution in [-0.4, -0.2) is 47.3 Å². The highest BCUT2D eigenvalue weighted by molar-refractivity contribution is 6.24. The summed E-state index contributed by atoms with van der Waals surface area (Å²) in [5, 5.41) is 2.15. The van der Waals surface area contributed by atoms with Crippen molar-refractivity contribution in [3.63, 3.8) is 0 Å². The summed E-state index contributed by atoms with van der Waals surface area (Å²) in [7, 11) is 0. The molecule has 1 fully saturated rings. The lowest BCUT2D eigenvalue weighted by Gasteiger charge is -2.27. The van der Waals surface area contributed by atoms with Crippen LogP contribution in [0.4, 0.5) is 4.79 Å². The van der Waals surface area contributed by atoms with Gasteiger partial charge in [0.2, 0.25) is 11.8 Å². The fourth-order valence-corrected chi connectivity index (χ4v) is 3.11. The zero-order valence-corrected chi connectivity index (χ0v) is 14.8. The minimum Gasteiger partial charge on any atom is -0.450 e. The van der Waals surface area contributed by atoms with Crippen LogP contribution < -0.4 is 11.1 Å². The molecule has 0 spiro atoms. The van der Waals surface area contributed by atoms with Crippen molar-refractivity contribution < 1.29 is 28.7 Å². The molecule has 5 amide bonds. The molecule has 2 aliphatic heterocycles. The largest absolute Gasteiger partial charge is 0.450 e. The Morgan fingerprint density at radius 2 is 2.04 bits per heavy atom. The number of ether oxygens (including phenoxy) is 1. The number of nitrogens with zero attached hydrogens (tertiary/aromatic N) is 1. The highest BCUT2D eigenvalue weighted by Crippen LogP contribution is 2.29. The number of imide groups is 2.